The van der Waals surface area contributed by atoms with Crippen molar-refractivity contribution in [1.29, 1.82) is 0 Å². The summed E-state index contributed by atoms with van der Waals surface area (Å²) in [5, 5.41) is 0. The van der Waals surface area contributed by atoms with Gasteiger partial charge in [-0.25, -0.2) is 0 Å². The maximum atomic E-state index is 11.6. The smallest absolute Gasteiger partial charge is 0.161 e. The van der Waals surface area contributed by atoms with Gasteiger partial charge in [-0.3, -0.25) is 4.79 Å². The number of Topliss-reactive ketones (excluding diaryl/α,β-unsaturated/α-hetero) is 1. The third-order valence-electron chi connectivity index (χ3n) is 2.05. The molecule has 0 aliphatic carbocycles. The summed E-state index contributed by atoms with van der Waals surface area (Å²) in [5.41, 5.74) is 0. The molecule has 0 aromatic rings. The average molecular weight is 202 g/mol. The summed E-state index contributed by atoms with van der Waals surface area (Å²) in [5.74, 6) is 0.214. The quantitative estimate of drug-likeness (QED) is 0.538. The molecule has 0 radical (unpaired) electrons. The van der Waals surface area contributed by atoms with Crippen molar-refractivity contribution in [3.05, 3.63) is 0 Å². The minimum absolute atomic E-state index is 0.193. The van der Waals surface area contributed by atoms with Gasteiger partial charge in [0.2, 0.25) is 0 Å². The van der Waals surface area contributed by atoms with Gasteiger partial charge in [0.25, 0.3) is 0 Å². The van der Waals surface area contributed by atoms with E-state index >= 15 is 0 Å². The zero-order valence-electron chi connectivity index (χ0n) is 9.54. The summed E-state index contributed by atoms with van der Waals surface area (Å²) in [6.07, 6.45) is 2.99. The molecule has 1 atom stereocenters. The molecule has 0 saturated carbocycles. The van der Waals surface area contributed by atoms with Gasteiger partial charge >= 0.3 is 0 Å². The summed E-state index contributed by atoms with van der Waals surface area (Å²) in [6, 6.07) is 0. The molecule has 0 N–H and O–H groups in total. The van der Waals surface area contributed by atoms with Crippen molar-refractivity contribution in [2.75, 3.05) is 20.3 Å². The molecule has 0 heterocycles. The largest absolute Gasteiger partial charge is 0.385 e. The molecule has 0 aliphatic heterocycles. The fraction of sp³-hybridized carbons (Fsp3) is 0.909. The van der Waals surface area contributed by atoms with Gasteiger partial charge in [0.05, 0.1) is 0 Å². The molecular formula is C11H22O3. The van der Waals surface area contributed by atoms with Crippen LogP contribution in [0, 0.1) is 0 Å². The molecule has 84 valence electrons. The second-order valence-corrected chi connectivity index (χ2v) is 3.30. The minimum Gasteiger partial charge on any atom is -0.385 e. The Bertz CT molecular complexity index is 139. The van der Waals surface area contributed by atoms with Gasteiger partial charge in [-0.05, 0) is 19.8 Å². The Hall–Kier alpha value is -0.410. The van der Waals surface area contributed by atoms with E-state index in [0.717, 1.165) is 19.3 Å². The lowest BCUT2D eigenvalue weighted by Crippen LogP contribution is -2.24. The fourth-order valence-corrected chi connectivity index (χ4v) is 1.35. The van der Waals surface area contributed by atoms with Crippen LogP contribution >= 0.6 is 0 Å². The van der Waals surface area contributed by atoms with Crippen molar-refractivity contribution in [2.24, 2.45) is 0 Å². The van der Waals surface area contributed by atoms with E-state index in [1.807, 2.05) is 6.92 Å². The van der Waals surface area contributed by atoms with E-state index in [4.69, 9.17) is 9.47 Å². The number of carbonyl (C=O) groups is 1. The Morgan fingerprint density at radius 1 is 1.36 bits per heavy atom. The zero-order chi connectivity index (χ0) is 10.8. The Labute approximate surface area is 86.8 Å². The van der Waals surface area contributed by atoms with Crippen molar-refractivity contribution < 1.29 is 14.3 Å². The standard InChI is InChI=1S/C11H22O3/c1-4-7-11(14-5-2)10(12)8-6-9-13-3/h11H,4-9H2,1-3H3. The number of hydrogen-bond donors (Lipinski definition) is 0. The molecule has 0 aromatic carbocycles. The highest BCUT2D eigenvalue weighted by atomic mass is 16.5. The number of ether oxygens (including phenoxy) is 2. The molecule has 0 rings (SSSR count). The number of carbonyl (C=O) groups excluding carboxylic acids is 1. The van der Waals surface area contributed by atoms with Crippen LogP contribution in [0.4, 0.5) is 0 Å². The molecule has 3 heteroatoms. The molecule has 0 amide bonds. The van der Waals surface area contributed by atoms with E-state index in [9.17, 15) is 4.79 Å². The normalized spacial score (nSPS) is 12.8. The summed E-state index contributed by atoms with van der Waals surface area (Å²) in [7, 11) is 1.65. The Kier molecular flexibility index (Phi) is 8.89. The van der Waals surface area contributed by atoms with Crippen molar-refractivity contribution in [3.63, 3.8) is 0 Å². The van der Waals surface area contributed by atoms with Crippen LogP contribution in [0.3, 0.4) is 0 Å². The van der Waals surface area contributed by atoms with Crippen LogP contribution in [-0.2, 0) is 14.3 Å². The fourth-order valence-electron chi connectivity index (χ4n) is 1.35. The molecular weight excluding hydrogens is 180 g/mol. The van der Waals surface area contributed by atoms with E-state index in [0.29, 0.717) is 19.6 Å². The van der Waals surface area contributed by atoms with Crippen LogP contribution in [-0.4, -0.2) is 32.2 Å². The maximum Gasteiger partial charge on any atom is 0.161 e. The lowest BCUT2D eigenvalue weighted by molar-refractivity contribution is -0.131. The SMILES string of the molecule is CCCC(OCC)C(=O)CCCOC. The number of methoxy groups -OCH3 is 1. The van der Waals surface area contributed by atoms with Gasteiger partial charge in [-0.15, -0.1) is 0 Å². The van der Waals surface area contributed by atoms with Crippen LogP contribution in [0.15, 0.2) is 0 Å². The highest BCUT2D eigenvalue weighted by Crippen LogP contribution is 2.07. The first-order chi connectivity index (χ1) is 6.76. The molecule has 0 spiro atoms. The van der Waals surface area contributed by atoms with E-state index in [2.05, 4.69) is 6.92 Å². The lowest BCUT2D eigenvalue weighted by Gasteiger charge is -2.14. The maximum absolute atomic E-state index is 11.6. The summed E-state index contributed by atoms with van der Waals surface area (Å²) < 4.78 is 10.3. The summed E-state index contributed by atoms with van der Waals surface area (Å²) in [4.78, 5) is 11.6. The average Bonchev–Trinajstić information content (AvgIpc) is 2.18. The highest BCUT2D eigenvalue weighted by molar-refractivity contribution is 5.83. The van der Waals surface area contributed by atoms with Crippen LogP contribution in [0.2, 0.25) is 0 Å². The van der Waals surface area contributed by atoms with Gasteiger partial charge in [-0.1, -0.05) is 13.3 Å². The van der Waals surface area contributed by atoms with E-state index < -0.39 is 0 Å². The highest BCUT2D eigenvalue weighted by Gasteiger charge is 2.16. The van der Waals surface area contributed by atoms with Crippen LogP contribution in [0.25, 0.3) is 0 Å². The van der Waals surface area contributed by atoms with Gasteiger partial charge in [0.1, 0.15) is 6.10 Å². The van der Waals surface area contributed by atoms with Crippen LogP contribution in [0.1, 0.15) is 39.5 Å². The Morgan fingerprint density at radius 3 is 2.57 bits per heavy atom. The second-order valence-electron chi connectivity index (χ2n) is 3.30. The first-order valence-electron chi connectivity index (χ1n) is 5.39. The monoisotopic (exact) mass is 202 g/mol. The molecule has 0 bridgehead atoms. The number of ketones is 1. The van der Waals surface area contributed by atoms with E-state index in [1.165, 1.54) is 0 Å². The Balaban J connectivity index is 3.76. The number of rotatable bonds is 9. The molecule has 0 aromatic heterocycles. The Morgan fingerprint density at radius 2 is 2.07 bits per heavy atom. The molecule has 14 heavy (non-hydrogen) atoms. The predicted molar refractivity (Wildman–Crippen MR) is 56.4 cm³/mol. The van der Waals surface area contributed by atoms with Crippen molar-refractivity contribution >= 4 is 5.78 Å². The minimum atomic E-state index is -0.193. The van der Waals surface area contributed by atoms with Gasteiger partial charge < -0.3 is 9.47 Å². The third kappa shape index (κ3) is 6.11. The first-order valence-corrected chi connectivity index (χ1v) is 5.39. The van der Waals surface area contributed by atoms with Crippen molar-refractivity contribution in [3.8, 4) is 0 Å². The van der Waals surface area contributed by atoms with Crippen molar-refractivity contribution in [2.45, 2.75) is 45.6 Å². The van der Waals surface area contributed by atoms with E-state index in [-0.39, 0.29) is 11.9 Å². The van der Waals surface area contributed by atoms with Crippen LogP contribution in [0.5, 0.6) is 0 Å². The molecule has 3 nitrogen and oxygen atoms in total. The summed E-state index contributed by atoms with van der Waals surface area (Å²) >= 11 is 0. The molecule has 0 fully saturated rings. The third-order valence-corrected chi connectivity index (χ3v) is 2.05. The second kappa shape index (κ2) is 9.16. The van der Waals surface area contributed by atoms with E-state index in [1.54, 1.807) is 7.11 Å². The predicted octanol–water partition coefficient (Wildman–Crippen LogP) is 2.19. The first kappa shape index (κ1) is 13.6. The van der Waals surface area contributed by atoms with Crippen molar-refractivity contribution in [1.82, 2.24) is 0 Å². The zero-order valence-corrected chi connectivity index (χ0v) is 9.54. The van der Waals surface area contributed by atoms with Gasteiger partial charge in [0.15, 0.2) is 5.78 Å². The number of hydrogen-bond acceptors (Lipinski definition) is 3. The molecule has 0 saturated heterocycles. The van der Waals surface area contributed by atoms with Gasteiger partial charge in [-0.2, -0.15) is 0 Å². The lowest BCUT2D eigenvalue weighted by atomic mass is 10.1. The topological polar surface area (TPSA) is 35.5 Å². The molecule has 1 unspecified atom stereocenters. The summed E-state index contributed by atoms with van der Waals surface area (Å²) in [6.45, 7) is 5.25. The molecule has 0 aliphatic rings. The van der Waals surface area contributed by atoms with Gasteiger partial charge in [0, 0.05) is 26.7 Å². The van der Waals surface area contributed by atoms with Crippen LogP contribution < -0.4 is 0 Å².